The summed E-state index contributed by atoms with van der Waals surface area (Å²) >= 11 is 0. The maximum Gasteiger partial charge on any atom is 0.327 e. The maximum absolute atomic E-state index is 13.6. The largest absolute Gasteiger partial charge is 0.490 e. The first-order valence-electron chi connectivity index (χ1n) is 9.00. The van der Waals surface area contributed by atoms with Crippen LogP contribution in [0.5, 0.6) is 5.75 Å². The molecular formula is C21H19FN4O2. The van der Waals surface area contributed by atoms with E-state index < -0.39 is 0 Å². The molecule has 28 heavy (non-hydrogen) atoms. The molecular weight excluding hydrogens is 359 g/mol. The Morgan fingerprint density at radius 2 is 2.11 bits per heavy atom. The van der Waals surface area contributed by atoms with Crippen molar-refractivity contribution in [2.75, 3.05) is 23.4 Å². The molecule has 0 bridgehead atoms. The zero-order valence-corrected chi connectivity index (χ0v) is 15.4. The molecule has 0 fully saturated rings. The number of anilines is 2. The molecule has 0 saturated heterocycles. The summed E-state index contributed by atoms with van der Waals surface area (Å²) < 4.78 is 19.3. The second kappa shape index (κ2) is 7.64. The van der Waals surface area contributed by atoms with Gasteiger partial charge in [-0.3, -0.25) is 9.88 Å². The minimum atomic E-state index is -0.341. The van der Waals surface area contributed by atoms with Gasteiger partial charge in [-0.15, -0.1) is 0 Å². The Balaban J connectivity index is 1.68. The molecule has 0 saturated carbocycles. The number of pyridine rings is 2. The number of benzene rings is 1. The summed E-state index contributed by atoms with van der Waals surface area (Å²) in [4.78, 5) is 23.2. The molecule has 0 aliphatic carbocycles. The van der Waals surface area contributed by atoms with Crippen LogP contribution < -0.4 is 15.0 Å². The molecule has 4 rings (SSSR count). The Hall–Kier alpha value is -3.48. The lowest BCUT2D eigenvalue weighted by atomic mass is 10.1. The van der Waals surface area contributed by atoms with Crippen LogP contribution in [-0.2, 0) is 0 Å². The third kappa shape index (κ3) is 3.78. The van der Waals surface area contributed by atoms with Gasteiger partial charge in [0.05, 0.1) is 24.2 Å². The first kappa shape index (κ1) is 17.9. The van der Waals surface area contributed by atoms with Crippen LogP contribution in [0.2, 0.25) is 0 Å². The Morgan fingerprint density at radius 1 is 1.21 bits per heavy atom. The number of halogens is 1. The van der Waals surface area contributed by atoms with Crippen molar-refractivity contribution >= 4 is 17.5 Å². The minimum Gasteiger partial charge on any atom is -0.490 e. The van der Waals surface area contributed by atoms with E-state index in [0.717, 1.165) is 5.56 Å². The first-order chi connectivity index (χ1) is 13.6. The zero-order valence-electron chi connectivity index (χ0n) is 15.4. The number of amides is 2. The van der Waals surface area contributed by atoms with E-state index in [1.165, 1.54) is 12.1 Å². The van der Waals surface area contributed by atoms with Gasteiger partial charge in [-0.05, 0) is 49.2 Å². The van der Waals surface area contributed by atoms with E-state index in [-0.39, 0.29) is 11.8 Å². The lowest BCUT2D eigenvalue weighted by molar-refractivity contribution is 0.256. The van der Waals surface area contributed by atoms with Crippen LogP contribution in [0.25, 0.3) is 11.3 Å². The van der Waals surface area contributed by atoms with Crippen molar-refractivity contribution in [2.24, 2.45) is 0 Å². The third-order valence-electron chi connectivity index (χ3n) is 4.37. The minimum absolute atomic E-state index is 0.317. The molecule has 0 unspecified atom stereocenters. The van der Waals surface area contributed by atoms with Gasteiger partial charge in [0.15, 0.2) is 11.6 Å². The van der Waals surface area contributed by atoms with Crippen LogP contribution in [0.3, 0.4) is 0 Å². The van der Waals surface area contributed by atoms with Crippen molar-refractivity contribution in [1.82, 2.24) is 9.97 Å². The van der Waals surface area contributed by atoms with E-state index in [1.807, 2.05) is 13.0 Å². The lowest BCUT2D eigenvalue weighted by Gasteiger charge is -2.21. The smallest absolute Gasteiger partial charge is 0.327 e. The number of aryl methyl sites for hydroxylation is 1. The second-order valence-electron chi connectivity index (χ2n) is 6.56. The summed E-state index contributed by atoms with van der Waals surface area (Å²) in [6.07, 6.45) is 3.99. The molecule has 0 radical (unpaired) electrons. The van der Waals surface area contributed by atoms with Gasteiger partial charge in [0.1, 0.15) is 5.82 Å². The molecule has 6 nitrogen and oxygen atoms in total. The molecule has 0 atom stereocenters. The number of aromatic nitrogens is 2. The van der Waals surface area contributed by atoms with E-state index in [2.05, 4.69) is 15.3 Å². The molecule has 1 aromatic carbocycles. The van der Waals surface area contributed by atoms with E-state index >= 15 is 0 Å². The van der Waals surface area contributed by atoms with Crippen LogP contribution in [0.1, 0.15) is 12.0 Å². The van der Waals surface area contributed by atoms with Crippen molar-refractivity contribution in [3.05, 3.63) is 66.2 Å². The van der Waals surface area contributed by atoms with Crippen molar-refractivity contribution in [3.8, 4) is 17.0 Å². The average molecular weight is 378 g/mol. The molecule has 3 aromatic rings. The average Bonchev–Trinajstić information content (AvgIpc) is 2.90. The highest BCUT2D eigenvalue weighted by molar-refractivity contribution is 6.02. The number of carbonyl (C=O) groups excluding carboxylic acids is 1. The van der Waals surface area contributed by atoms with Gasteiger partial charge >= 0.3 is 6.03 Å². The third-order valence-corrected chi connectivity index (χ3v) is 4.37. The Bertz CT molecular complexity index is 1020. The van der Waals surface area contributed by atoms with Crippen LogP contribution in [0.4, 0.5) is 20.7 Å². The van der Waals surface area contributed by atoms with E-state index in [0.29, 0.717) is 48.1 Å². The molecule has 1 aliphatic rings. The molecule has 1 aliphatic heterocycles. The fourth-order valence-electron chi connectivity index (χ4n) is 3.07. The van der Waals surface area contributed by atoms with Crippen LogP contribution in [-0.4, -0.2) is 29.2 Å². The lowest BCUT2D eigenvalue weighted by Crippen LogP contribution is -2.36. The highest BCUT2D eigenvalue weighted by Crippen LogP contribution is 2.32. The van der Waals surface area contributed by atoms with Gasteiger partial charge in [-0.2, -0.15) is 0 Å². The zero-order chi connectivity index (χ0) is 19.5. The number of nitrogens with one attached hydrogen (secondary N) is 1. The Labute approximate surface area is 162 Å². The monoisotopic (exact) mass is 378 g/mol. The quantitative estimate of drug-likeness (QED) is 0.717. The van der Waals surface area contributed by atoms with E-state index in [1.54, 1.807) is 41.6 Å². The highest BCUT2D eigenvalue weighted by atomic mass is 19.1. The summed E-state index contributed by atoms with van der Waals surface area (Å²) in [7, 11) is 0. The van der Waals surface area contributed by atoms with Gasteiger partial charge in [0.2, 0.25) is 0 Å². The number of rotatable bonds is 2. The number of fused-ring (bicyclic) bond motifs is 1. The van der Waals surface area contributed by atoms with Gasteiger partial charge in [0, 0.05) is 18.3 Å². The predicted molar refractivity (Wildman–Crippen MR) is 105 cm³/mol. The summed E-state index contributed by atoms with van der Waals surface area (Å²) in [5.41, 5.74) is 2.76. The Kier molecular flexibility index (Phi) is 4.89. The van der Waals surface area contributed by atoms with Gasteiger partial charge < -0.3 is 10.1 Å². The van der Waals surface area contributed by atoms with Crippen LogP contribution in [0.15, 0.2) is 54.9 Å². The number of urea groups is 1. The molecule has 3 heterocycles. The number of ether oxygens (including phenoxy) is 1. The second-order valence-corrected chi connectivity index (χ2v) is 6.56. The highest BCUT2D eigenvalue weighted by Gasteiger charge is 2.24. The van der Waals surface area contributed by atoms with Crippen molar-refractivity contribution in [2.45, 2.75) is 13.3 Å². The summed E-state index contributed by atoms with van der Waals surface area (Å²) in [6, 6.07) is 11.3. The van der Waals surface area contributed by atoms with Crippen LogP contribution in [0, 0.1) is 12.7 Å². The number of hydrogen-bond donors (Lipinski definition) is 1. The van der Waals surface area contributed by atoms with Gasteiger partial charge in [-0.25, -0.2) is 14.2 Å². The molecule has 7 heteroatoms. The number of hydrogen-bond acceptors (Lipinski definition) is 4. The molecule has 2 aromatic heterocycles. The summed E-state index contributed by atoms with van der Waals surface area (Å²) in [5.74, 6) is 0.597. The van der Waals surface area contributed by atoms with Crippen molar-refractivity contribution in [3.63, 3.8) is 0 Å². The van der Waals surface area contributed by atoms with Gasteiger partial charge in [0.25, 0.3) is 0 Å². The molecule has 0 spiro atoms. The Morgan fingerprint density at radius 3 is 2.93 bits per heavy atom. The fourth-order valence-corrected chi connectivity index (χ4v) is 3.07. The maximum atomic E-state index is 13.6. The molecule has 142 valence electrons. The standard InChI is InChI=1S/C21H19FN4O2/c1-14-10-17(13-23-12-14)24-21(27)26-8-3-9-28-19-7-6-18(25-20(19)26)15-4-2-5-16(22)11-15/h2,4-7,10-13H,3,8-9H2,1H3,(H,24,27). The normalized spacial score (nSPS) is 13.3. The predicted octanol–water partition coefficient (Wildman–Crippen LogP) is 4.41. The molecule has 2 amide bonds. The first-order valence-corrected chi connectivity index (χ1v) is 9.00. The number of carbonyl (C=O) groups is 1. The van der Waals surface area contributed by atoms with Crippen LogP contribution >= 0.6 is 0 Å². The van der Waals surface area contributed by atoms with Crippen molar-refractivity contribution in [1.29, 1.82) is 0 Å². The van der Waals surface area contributed by atoms with Crippen molar-refractivity contribution < 1.29 is 13.9 Å². The summed E-state index contributed by atoms with van der Waals surface area (Å²) in [5, 5.41) is 2.86. The van der Waals surface area contributed by atoms with Gasteiger partial charge in [-0.1, -0.05) is 12.1 Å². The SMILES string of the molecule is Cc1cncc(NC(=O)N2CCCOc3ccc(-c4cccc(F)c4)nc32)c1. The van der Waals surface area contributed by atoms with E-state index in [9.17, 15) is 9.18 Å². The fraction of sp³-hybridized carbons (Fsp3) is 0.190. The summed E-state index contributed by atoms with van der Waals surface area (Å²) in [6.45, 7) is 2.85. The topological polar surface area (TPSA) is 67.4 Å². The number of nitrogens with zero attached hydrogens (tertiary/aromatic N) is 3. The van der Waals surface area contributed by atoms with E-state index in [4.69, 9.17) is 4.74 Å². The molecule has 1 N–H and O–H groups in total.